The second-order valence-corrected chi connectivity index (χ2v) is 15.9. The molecule has 0 N–H and O–H groups in total. The first-order chi connectivity index (χ1) is 27.0. The quantitative estimate of drug-likeness (QED) is 0.156. The number of aryl methyl sites for hydroxylation is 2. The van der Waals surface area contributed by atoms with Crippen LogP contribution in [0.1, 0.15) is 67.1 Å². The molecule has 0 fully saturated rings. The van der Waals surface area contributed by atoms with Crippen molar-refractivity contribution in [1.29, 1.82) is 0 Å². The highest BCUT2D eigenvalue weighted by molar-refractivity contribution is 5.86. The molecule has 3 aliphatic rings. The Balaban J connectivity index is 0.961. The molecule has 0 spiro atoms. The fourth-order valence-corrected chi connectivity index (χ4v) is 9.63. The lowest BCUT2D eigenvalue weighted by atomic mass is 9.82. The highest BCUT2D eigenvalue weighted by Crippen LogP contribution is 2.46. The topological polar surface area (TPSA) is 3.24 Å². The van der Waals surface area contributed by atoms with Crippen LogP contribution in [0.25, 0.3) is 33.4 Å². The van der Waals surface area contributed by atoms with Gasteiger partial charge in [0.05, 0.1) is 0 Å². The predicted molar refractivity (Wildman–Crippen MR) is 229 cm³/mol. The van der Waals surface area contributed by atoms with E-state index < -0.39 is 0 Å². The van der Waals surface area contributed by atoms with Crippen LogP contribution < -0.4 is 4.90 Å². The molecule has 0 saturated carbocycles. The van der Waals surface area contributed by atoms with Gasteiger partial charge in [-0.2, -0.15) is 0 Å². The smallest absolute Gasteiger partial charge is 0.0464 e. The number of benzene rings is 8. The Kier molecular flexibility index (Phi) is 7.32. The molecular weight excluding hydrogens is 663 g/mol. The van der Waals surface area contributed by atoms with Gasteiger partial charge in [0, 0.05) is 23.0 Å². The Labute approximate surface area is 324 Å². The van der Waals surface area contributed by atoms with Crippen LogP contribution in [0, 0.1) is 13.8 Å². The van der Waals surface area contributed by atoms with E-state index in [4.69, 9.17) is 0 Å². The standard InChI is InChI=1S/C54H41N/c1-34-11-15-36(16-12-34)54(39-17-23-50-41(29-39)27-37-7-3-5-9-48(37)50)40-18-24-51-42(30-40)31-44-33-47(22-26-53(44)51)55(45-19-13-35(2)14-20-45)46-21-25-52-43(32-46)28-38-8-4-6-10-49(38)52/h3-26,29-30,32-33,54H,27-28,31H2,1-2H3. The summed E-state index contributed by atoms with van der Waals surface area (Å²) in [5.41, 5.74) is 26.8. The molecule has 262 valence electrons. The van der Waals surface area contributed by atoms with Crippen molar-refractivity contribution < 1.29 is 0 Å². The van der Waals surface area contributed by atoms with Crippen LogP contribution in [-0.4, -0.2) is 0 Å². The minimum atomic E-state index is 0.155. The van der Waals surface area contributed by atoms with E-state index in [-0.39, 0.29) is 5.92 Å². The maximum atomic E-state index is 2.50. The van der Waals surface area contributed by atoms with Gasteiger partial charge in [0.15, 0.2) is 0 Å². The van der Waals surface area contributed by atoms with Crippen LogP contribution in [0.5, 0.6) is 0 Å². The van der Waals surface area contributed by atoms with Crippen LogP contribution in [0.15, 0.2) is 170 Å². The zero-order chi connectivity index (χ0) is 36.6. The molecule has 1 nitrogen and oxygen atoms in total. The number of hydrogen-bond acceptors (Lipinski definition) is 1. The molecule has 0 heterocycles. The second kappa shape index (κ2) is 12.6. The summed E-state index contributed by atoms with van der Waals surface area (Å²) in [6, 6.07) is 64.5. The number of nitrogens with zero attached hydrogens (tertiary/aromatic N) is 1. The molecule has 11 rings (SSSR count). The van der Waals surface area contributed by atoms with Crippen molar-refractivity contribution in [2.45, 2.75) is 39.0 Å². The molecule has 1 atom stereocenters. The maximum absolute atomic E-state index is 2.50. The highest BCUT2D eigenvalue weighted by atomic mass is 15.1. The monoisotopic (exact) mass is 703 g/mol. The number of rotatable bonds is 6. The summed E-state index contributed by atoms with van der Waals surface area (Å²) in [6.07, 6.45) is 2.90. The zero-order valence-corrected chi connectivity index (χ0v) is 31.3. The fraction of sp³-hybridized carbons (Fsp3) is 0.111. The summed E-state index contributed by atoms with van der Waals surface area (Å²) in [5, 5.41) is 0. The van der Waals surface area contributed by atoms with Gasteiger partial charge in [-0.15, -0.1) is 0 Å². The minimum absolute atomic E-state index is 0.155. The molecule has 8 aromatic carbocycles. The normalized spacial score (nSPS) is 13.3. The average molecular weight is 704 g/mol. The van der Waals surface area contributed by atoms with Crippen molar-refractivity contribution in [2.24, 2.45) is 0 Å². The van der Waals surface area contributed by atoms with E-state index >= 15 is 0 Å². The summed E-state index contributed by atoms with van der Waals surface area (Å²) in [6.45, 7) is 4.34. The van der Waals surface area contributed by atoms with Gasteiger partial charge >= 0.3 is 0 Å². The van der Waals surface area contributed by atoms with Gasteiger partial charge < -0.3 is 4.90 Å². The molecule has 8 aromatic rings. The lowest BCUT2D eigenvalue weighted by Gasteiger charge is -2.27. The van der Waals surface area contributed by atoms with Gasteiger partial charge in [-0.05, 0) is 153 Å². The van der Waals surface area contributed by atoms with Crippen molar-refractivity contribution >= 4 is 17.1 Å². The summed E-state index contributed by atoms with van der Waals surface area (Å²) in [4.78, 5) is 2.44. The Morgan fingerprint density at radius 3 is 1.20 bits per heavy atom. The predicted octanol–water partition coefficient (Wildman–Crippen LogP) is 13.7. The third-order valence-electron chi connectivity index (χ3n) is 12.4. The van der Waals surface area contributed by atoms with Crippen molar-refractivity contribution in [3.63, 3.8) is 0 Å². The average Bonchev–Trinajstić information content (AvgIpc) is 3.89. The molecular formula is C54H41N. The molecule has 0 saturated heterocycles. The molecule has 1 unspecified atom stereocenters. The van der Waals surface area contributed by atoms with Crippen LogP contribution in [0.4, 0.5) is 17.1 Å². The minimum Gasteiger partial charge on any atom is -0.310 e. The third kappa shape index (κ3) is 5.37. The van der Waals surface area contributed by atoms with E-state index in [9.17, 15) is 0 Å². The van der Waals surface area contributed by atoms with E-state index in [1.807, 2.05) is 0 Å². The lowest BCUT2D eigenvalue weighted by molar-refractivity contribution is 0.968. The van der Waals surface area contributed by atoms with Crippen molar-refractivity contribution in [2.75, 3.05) is 4.90 Å². The Bertz CT molecular complexity index is 2610. The molecule has 0 aromatic heterocycles. The molecule has 55 heavy (non-hydrogen) atoms. The molecule has 1 heteroatoms. The van der Waals surface area contributed by atoms with E-state index in [0.29, 0.717) is 0 Å². The van der Waals surface area contributed by atoms with E-state index in [1.165, 1.54) is 112 Å². The van der Waals surface area contributed by atoms with Gasteiger partial charge in [0.1, 0.15) is 0 Å². The maximum Gasteiger partial charge on any atom is 0.0464 e. The van der Waals surface area contributed by atoms with Gasteiger partial charge in [-0.3, -0.25) is 0 Å². The number of anilines is 3. The fourth-order valence-electron chi connectivity index (χ4n) is 9.63. The van der Waals surface area contributed by atoms with Crippen LogP contribution in [0.3, 0.4) is 0 Å². The first-order valence-electron chi connectivity index (χ1n) is 19.7. The van der Waals surface area contributed by atoms with Crippen LogP contribution in [0.2, 0.25) is 0 Å². The summed E-state index contributed by atoms with van der Waals surface area (Å²) in [7, 11) is 0. The molecule has 0 aliphatic heterocycles. The Hall–Kier alpha value is -6.44. The van der Waals surface area contributed by atoms with Crippen molar-refractivity contribution in [1.82, 2.24) is 0 Å². The van der Waals surface area contributed by atoms with E-state index in [1.54, 1.807) is 0 Å². The second-order valence-electron chi connectivity index (χ2n) is 15.9. The first-order valence-corrected chi connectivity index (χ1v) is 19.7. The molecule has 0 radical (unpaired) electrons. The Morgan fingerprint density at radius 2 is 0.691 bits per heavy atom. The van der Waals surface area contributed by atoms with Crippen LogP contribution in [-0.2, 0) is 19.3 Å². The highest BCUT2D eigenvalue weighted by Gasteiger charge is 2.27. The molecule has 0 amide bonds. The first kappa shape index (κ1) is 32.0. The molecule has 0 bridgehead atoms. The van der Waals surface area contributed by atoms with Gasteiger partial charge in [0.2, 0.25) is 0 Å². The van der Waals surface area contributed by atoms with E-state index in [2.05, 4.69) is 189 Å². The Morgan fingerprint density at radius 1 is 0.327 bits per heavy atom. The van der Waals surface area contributed by atoms with Crippen molar-refractivity contribution in [3.8, 4) is 33.4 Å². The third-order valence-corrected chi connectivity index (χ3v) is 12.4. The van der Waals surface area contributed by atoms with E-state index in [0.717, 1.165) is 19.3 Å². The number of hydrogen-bond donors (Lipinski definition) is 0. The van der Waals surface area contributed by atoms with Gasteiger partial charge in [-0.1, -0.05) is 145 Å². The summed E-state index contributed by atoms with van der Waals surface area (Å²) < 4.78 is 0. The van der Waals surface area contributed by atoms with Crippen molar-refractivity contribution in [3.05, 3.63) is 231 Å². The zero-order valence-electron chi connectivity index (χ0n) is 31.3. The largest absolute Gasteiger partial charge is 0.310 e. The SMILES string of the molecule is Cc1ccc(C(c2ccc3c(c2)Cc2ccccc2-3)c2ccc3c(c2)Cc2cc(N(c4ccc(C)cc4)c4ccc5c(c4)Cc4ccccc4-5)ccc2-3)cc1. The summed E-state index contributed by atoms with van der Waals surface area (Å²) >= 11 is 0. The molecule has 3 aliphatic carbocycles. The summed E-state index contributed by atoms with van der Waals surface area (Å²) in [5.74, 6) is 0.155. The lowest BCUT2D eigenvalue weighted by Crippen LogP contribution is -2.10. The van der Waals surface area contributed by atoms with Crippen LogP contribution >= 0.6 is 0 Å². The van der Waals surface area contributed by atoms with Gasteiger partial charge in [0.25, 0.3) is 0 Å². The number of fused-ring (bicyclic) bond motifs is 9. The van der Waals surface area contributed by atoms with Gasteiger partial charge in [-0.25, -0.2) is 0 Å².